The molecule has 0 aliphatic carbocycles. The summed E-state index contributed by atoms with van der Waals surface area (Å²) in [5, 5.41) is 13.9. The molecule has 0 radical (unpaired) electrons. The van der Waals surface area contributed by atoms with Crippen molar-refractivity contribution in [1.82, 2.24) is 0 Å². The molecular weight excluding hydrogens is 387 g/mol. The molecule has 0 fully saturated rings. The van der Waals surface area contributed by atoms with Gasteiger partial charge in [0, 0.05) is 16.1 Å². The van der Waals surface area contributed by atoms with Gasteiger partial charge in [-0.05, 0) is 36.4 Å². The third-order valence-corrected chi connectivity index (χ3v) is 3.45. The molecule has 0 bridgehead atoms. The number of rotatable bonds is 7. The lowest BCUT2D eigenvalue weighted by atomic mass is 10.2. The second-order valence-electron chi connectivity index (χ2n) is 4.87. The van der Waals surface area contributed by atoms with E-state index in [4.69, 9.17) is 32.7 Å². The minimum Gasteiger partial charge on any atom is -0.482 e. The Kier molecular flexibility index (Phi) is 6.76. The van der Waals surface area contributed by atoms with Crippen molar-refractivity contribution >= 4 is 46.5 Å². The van der Waals surface area contributed by atoms with Crippen LogP contribution in [0, 0.1) is 10.1 Å². The largest absolute Gasteiger partial charge is 0.482 e. The van der Waals surface area contributed by atoms with E-state index in [-0.39, 0.29) is 16.4 Å². The highest BCUT2D eigenvalue weighted by Gasteiger charge is 2.17. The van der Waals surface area contributed by atoms with Crippen molar-refractivity contribution in [2.75, 3.05) is 18.5 Å². The van der Waals surface area contributed by atoms with Gasteiger partial charge in [0.1, 0.15) is 11.4 Å². The minimum absolute atomic E-state index is 0.0575. The standard InChI is InChI=1S/C16H12Cl2N2O6/c17-10-1-4-12(5-2-10)25-9-16(22)26-8-15(21)19-13-6-3-11(18)7-14(13)20(23)24/h1-7H,8-9H2,(H,19,21). The number of benzene rings is 2. The molecule has 2 aromatic carbocycles. The summed E-state index contributed by atoms with van der Waals surface area (Å²) in [7, 11) is 0. The van der Waals surface area contributed by atoms with Crippen LogP contribution in [0.3, 0.4) is 0 Å². The van der Waals surface area contributed by atoms with Crippen LogP contribution >= 0.6 is 23.2 Å². The Morgan fingerprint density at radius 2 is 1.69 bits per heavy atom. The molecule has 0 aliphatic rings. The van der Waals surface area contributed by atoms with E-state index in [2.05, 4.69) is 5.32 Å². The zero-order valence-corrected chi connectivity index (χ0v) is 14.6. The van der Waals surface area contributed by atoms with Gasteiger partial charge in [0.05, 0.1) is 4.92 Å². The first-order chi connectivity index (χ1) is 12.3. The number of halogens is 2. The van der Waals surface area contributed by atoms with E-state index in [1.807, 2.05) is 0 Å². The summed E-state index contributed by atoms with van der Waals surface area (Å²) in [5.41, 5.74) is -0.430. The highest BCUT2D eigenvalue weighted by molar-refractivity contribution is 6.31. The van der Waals surface area contributed by atoms with Crippen molar-refractivity contribution in [2.45, 2.75) is 0 Å². The molecule has 0 aliphatic heterocycles. The summed E-state index contributed by atoms with van der Waals surface area (Å²) in [6.45, 7) is -1.03. The number of nitro benzene ring substituents is 1. The van der Waals surface area contributed by atoms with Crippen LogP contribution in [0.15, 0.2) is 42.5 Å². The molecule has 136 valence electrons. The van der Waals surface area contributed by atoms with Crippen LogP contribution < -0.4 is 10.1 Å². The average molecular weight is 399 g/mol. The minimum atomic E-state index is -0.777. The number of carbonyl (C=O) groups excluding carboxylic acids is 2. The number of nitrogens with zero attached hydrogens (tertiary/aromatic N) is 1. The van der Waals surface area contributed by atoms with Crippen LogP contribution in [0.1, 0.15) is 0 Å². The van der Waals surface area contributed by atoms with Crippen LogP contribution in [0.25, 0.3) is 0 Å². The number of ether oxygens (including phenoxy) is 2. The third kappa shape index (κ3) is 5.91. The molecule has 0 aromatic heterocycles. The Morgan fingerprint density at radius 1 is 1.04 bits per heavy atom. The van der Waals surface area contributed by atoms with E-state index in [0.717, 1.165) is 6.07 Å². The number of nitro groups is 1. The van der Waals surface area contributed by atoms with Gasteiger partial charge < -0.3 is 14.8 Å². The molecule has 2 rings (SSSR count). The molecule has 0 unspecified atom stereocenters. The maximum Gasteiger partial charge on any atom is 0.344 e. The molecule has 8 nitrogen and oxygen atoms in total. The quantitative estimate of drug-likeness (QED) is 0.434. The molecule has 0 saturated heterocycles. The maximum atomic E-state index is 11.8. The number of esters is 1. The number of carbonyl (C=O) groups is 2. The highest BCUT2D eigenvalue weighted by atomic mass is 35.5. The monoisotopic (exact) mass is 398 g/mol. The Balaban J connectivity index is 1.82. The van der Waals surface area contributed by atoms with Crippen LogP contribution in [0.2, 0.25) is 10.0 Å². The molecule has 1 amide bonds. The Labute approximate surface area is 157 Å². The molecular formula is C16H12Cl2N2O6. The fourth-order valence-electron chi connectivity index (χ4n) is 1.81. The Morgan fingerprint density at radius 3 is 2.35 bits per heavy atom. The van der Waals surface area contributed by atoms with Gasteiger partial charge >= 0.3 is 5.97 Å². The van der Waals surface area contributed by atoms with Gasteiger partial charge in [-0.1, -0.05) is 23.2 Å². The first kappa shape index (κ1) is 19.5. The van der Waals surface area contributed by atoms with Crippen LogP contribution in [0.4, 0.5) is 11.4 Å². The predicted octanol–water partition coefficient (Wildman–Crippen LogP) is 3.46. The lowest BCUT2D eigenvalue weighted by molar-refractivity contribution is -0.383. The van der Waals surface area contributed by atoms with E-state index < -0.39 is 30.0 Å². The van der Waals surface area contributed by atoms with E-state index in [0.29, 0.717) is 10.8 Å². The van der Waals surface area contributed by atoms with Crippen molar-refractivity contribution in [3.8, 4) is 5.75 Å². The van der Waals surface area contributed by atoms with Gasteiger partial charge in [-0.15, -0.1) is 0 Å². The first-order valence-corrected chi connectivity index (χ1v) is 7.88. The fourth-order valence-corrected chi connectivity index (χ4v) is 2.10. The molecule has 26 heavy (non-hydrogen) atoms. The van der Waals surface area contributed by atoms with Crippen molar-refractivity contribution in [2.24, 2.45) is 0 Å². The summed E-state index contributed by atoms with van der Waals surface area (Å²) >= 11 is 11.4. The van der Waals surface area contributed by atoms with Gasteiger partial charge in [0.2, 0.25) is 0 Å². The summed E-state index contributed by atoms with van der Waals surface area (Å²) in [4.78, 5) is 33.6. The summed E-state index contributed by atoms with van der Waals surface area (Å²) in [5.74, 6) is -1.11. The van der Waals surface area contributed by atoms with Crippen molar-refractivity contribution < 1.29 is 24.0 Å². The van der Waals surface area contributed by atoms with Gasteiger partial charge in [-0.25, -0.2) is 4.79 Å². The second kappa shape index (κ2) is 9.02. The molecule has 10 heteroatoms. The fraction of sp³-hybridized carbons (Fsp3) is 0.125. The maximum absolute atomic E-state index is 11.8. The molecule has 0 atom stereocenters. The van der Waals surface area contributed by atoms with Crippen LogP contribution in [-0.2, 0) is 14.3 Å². The van der Waals surface area contributed by atoms with Crippen molar-refractivity contribution in [1.29, 1.82) is 0 Å². The van der Waals surface area contributed by atoms with Gasteiger partial charge in [0.15, 0.2) is 13.2 Å². The molecule has 1 N–H and O–H groups in total. The van der Waals surface area contributed by atoms with E-state index in [9.17, 15) is 19.7 Å². The first-order valence-electron chi connectivity index (χ1n) is 7.13. The second-order valence-corrected chi connectivity index (χ2v) is 5.74. The van der Waals surface area contributed by atoms with E-state index in [1.165, 1.54) is 12.1 Å². The van der Waals surface area contributed by atoms with E-state index in [1.54, 1.807) is 24.3 Å². The molecule has 0 spiro atoms. The van der Waals surface area contributed by atoms with Gasteiger partial charge in [0.25, 0.3) is 11.6 Å². The highest BCUT2D eigenvalue weighted by Crippen LogP contribution is 2.27. The van der Waals surface area contributed by atoms with E-state index >= 15 is 0 Å². The SMILES string of the molecule is O=C(COC(=O)COc1ccc(Cl)cc1)Nc1ccc(Cl)cc1[N+](=O)[O-]. The zero-order chi connectivity index (χ0) is 19.1. The van der Waals surface area contributed by atoms with Gasteiger partial charge in [-0.3, -0.25) is 14.9 Å². The number of nitrogens with one attached hydrogen (secondary N) is 1. The number of hydrogen-bond donors (Lipinski definition) is 1. The van der Waals surface area contributed by atoms with Crippen molar-refractivity contribution in [3.05, 3.63) is 62.6 Å². The average Bonchev–Trinajstić information content (AvgIpc) is 2.61. The zero-order valence-electron chi connectivity index (χ0n) is 13.1. The van der Waals surface area contributed by atoms with Gasteiger partial charge in [-0.2, -0.15) is 0 Å². The summed E-state index contributed by atoms with van der Waals surface area (Å²) < 4.78 is 9.92. The van der Waals surface area contributed by atoms with Crippen LogP contribution in [0.5, 0.6) is 5.75 Å². The lowest BCUT2D eigenvalue weighted by Crippen LogP contribution is -2.24. The predicted molar refractivity (Wildman–Crippen MR) is 94.6 cm³/mol. The summed E-state index contributed by atoms with van der Waals surface area (Å²) in [6, 6.07) is 10.1. The lowest BCUT2D eigenvalue weighted by Gasteiger charge is -2.08. The topological polar surface area (TPSA) is 108 Å². The Bertz CT molecular complexity index is 826. The molecule has 0 saturated carbocycles. The summed E-state index contributed by atoms with van der Waals surface area (Å²) in [6.07, 6.45) is 0. The number of hydrogen-bond acceptors (Lipinski definition) is 6. The molecule has 0 heterocycles. The molecule has 2 aromatic rings. The number of anilines is 1. The normalized spacial score (nSPS) is 10.1. The Hall–Kier alpha value is -2.84. The smallest absolute Gasteiger partial charge is 0.344 e. The van der Waals surface area contributed by atoms with Crippen molar-refractivity contribution in [3.63, 3.8) is 0 Å². The van der Waals surface area contributed by atoms with Crippen LogP contribution in [-0.4, -0.2) is 30.0 Å². The third-order valence-electron chi connectivity index (χ3n) is 2.97. The number of amides is 1.